The summed E-state index contributed by atoms with van der Waals surface area (Å²) in [6.45, 7) is 2.21. The molecule has 0 amide bonds. The van der Waals surface area contributed by atoms with Gasteiger partial charge in [0.05, 0.1) is 0 Å². The van der Waals surface area contributed by atoms with Crippen LogP contribution in [-0.4, -0.2) is 40.3 Å². The van der Waals surface area contributed by atoms with Crippen molar-refractivity contribution in [2.24, 2.45) is 5.92 Å². The largest absolute Gasteiger partial charge is 0.490 e. The highest BCUT2D eigenvalue weighted by Gasteiger charge is 2.38. The van der Waals surface area contributed by atoms with Crippen LogP contribution in [0.15, 0.2) is 6.07 Å². The first-order chi connectivity index (χ1) is 15.8. The van der Waals surface area contributed by atoms with Gasteiger partial charge >= 0.3 is 12.1 Å². The van der Waals surface area contributed by atoms with E-state index >= 15 is 0 Å². The Balaban J connectivity index is 0.000000479. The van der Waals surface area contributed by atoms with Crippen molar-refractivity contribution in [3.8, 4) is 6.07 Å². The molecule has 0 bridgehead atoms. The molecule has 2 N–H and O–H groups in total. The molecule has 0 aliphatic heterocycles. The van der Waals surface area contributed by atoms with E-state index in [9.17, 15) is 18.4 Å². The molecule has 0 atom stereocenters. The van der Waals surface area contributed by atoms with Gasteiger partial charge in [0.25, 0.3) is 0 Å². The minimum atomic E-state index is -5.08. The van der Waals surface area contributed by atoms with Gasteiger partial charge in [-0.2, -0.15) is 18.4 Å². The Morgan fingerprint density at radius 2 is 1.64 bits per heavy atom. The topological polar surface area (TPSA) is 98.9 Å². The maximum atomic E-state index is 10.6. The molecule has 0 saturated heterocycles. The molecule has 2 saturated carbocycles. The van der Waals surface area contributed by atoms with E-state index in [0.29, 0.717) is 11.7 Å². The fraction of sp³-hybridized carbons (Fsp3) is 0.750. The van der Waals surface area contributed by atoms with Gasteiger partial charge in [0.15, 0.2) is 0 Å². The van der Waals surface area contributed by atoms with Gasteiger partial charge in [-0.3, -0.25) is 0 Å². The van der Waals surface area contributed by atoms with E-state index in [1.807, 2.05) is 0 Å². The van der Waals surface area contributed by atoms with Crippen LogP contribution >= 0.6 is 0 Å². The number of aryl methyl sites for hydroxylation is 1. The summed E-state index contributed by atoms with van der Waals surface area (Å²) in [6, 6.07) is 4.35. The Hall–Kier alpha value is -2.21. The molecule has 2 aliphatic carbocycles. The van der Waals surface area contributed by atoms with Gasteiger partial charge in [0.2, 0.25) is 5.82 Å². The lowest BCUT2D eigenvalue weighted by Gasteiger charge is -2.21. The van der Waals surface area contributed by atoms with Gasteiger partial charge in [-0.05, 0) is 63.6 Å². The molecule has 1 aromatic heterocycles. The number of carboxylic acids is 1. The summed E-state index contributed by atoms with van der Waals surface area (Å²) in [5.41, 5.74) is 2.17. The van der Waals surface area contributed by atoms with Gasteiger partial charge < -0.3 is 10.4 Å². The van der Waals surface area contributed by atoms with Crippen LogP contribution in [0, 0.1) is 17.2 Å². The number of nitriles is 1. The van der Waals surface area contributed by atoms with E-state index < -0.39 is 12.1 Å². The van der Waals surface area contributed by atoms with Crippen LogP contribution in [0.4, 0.5) is 13.2 Å². The molecule has 2 aliphatic rings. The van der Waals surface area contributed by atoms with Crippen molar-refractivity contribution in [3.05, 3.63) is 23.3 Å². The van der Waals surface area contributed by atoms with Crippen molar-refractivity contribution in [2.75, 3.05) is 13.1 Å². The predicted octanol–water partition coefficient (Wildman–Crippen LogP) is 5.52. The van der Waals surface area contributed by atoms with Crippen molar-refractivity contribution in [1.82, 2.24) is 15.3 Å². The lowest BCUT2D eigenvalue weighted by Crippen LogP contribution is -2.25. The van der Waals surface area contributed by atoms with Crippen LogP contribution < -0.4 is 5.32 Å². The first-order valence-corrected chi connectivity index (χ1v) is 12.1. The molecule has 33 heavy (non-hydrogen) atoms. The number of alkyl halides is 3. The zero-order valence-corrected chi connectivity index (χ0v) is 19.2. The van der Waals surface area contributed by atoms with Gasteiger partial charge in [-0.15, -0.1) is 0 Å². The van der Waals surface area contributed by atoms with E-state index in [4.69, 9.17) is 9.90 Å². The van der Waals surface area contributed by atoms with Crippen LogP contribution in [0.3, 0.4) is 0 Å². The number of hydrogen-bond acceptors (Lipinski definition) is 5. The lowest BCUT2D eigenvalue weighted by molar-refractivity contribution is -0.192. The first kappa shape index (κ1) is 27.0. The molecule has 0 aromatic carbocycles. The second-order valence-electron chi connectivity index (χ2n) is 9.02. The minimum Gasteiger partial charge on any atom is -0.475 e. The number of carbonyl (C=O) groups is 1. The number of nitrogens with one attached hydrogen (secondary N) is 1. The fourth-order valence-electron chi connectivity index (χ4n) is 4.57. The summed E-state index contributed by atoms with van der Waals surface area (Å²) < 4.78 is 31.7. The summed E-state index contributed by atoms with van der Waals surface area (Å²) in [5.74, 6) is -0.991. The second-order valence-corrected chi connectivity index (χ2v) is 9.02. The van der Waals surface area contributed by atoms with E-state index in [0.717, 1.165) is 36.7 Å². The zero-order valence-electron chi connectivity index (χ0n) is 19.2. The van der Waals surface area contributed by atoms with Crippen molar-refractivity contribution < 1.29 is 23.1 Å². The molecule has 6 nitrogen and oxygen atoms in total. The number of rotatable bonds is 7. The Morgan fingerprint density at radius 1 is 1.06 bits per heavy atom. The Bertz CT molecular complexity index is 766. The minimum absolute atomic E-state index is 0.358. The summed E-state index contributed by atoms with van der Waals surface area (Å²) in [7, 11) is 0. The highest BCUT2D eigenvalue weighted by Crippen LogP contribution is 2.31. The third kappa shape index (κ3) is 10.5. The Kier molecular flexibility index (Phi) is 11.6. The number of aliphatic carboxylic acids is 1. The highest BCUT2D eigenvalue weighted by molar-refractivity contribution is 5.73. The average Bonchev–Trinajstić information content (AvgIpc) is 3.09. The molecule has 1 heterocycles. The standard InChI is InChI=1S/C22H34N4.C2HF3O2/c23-16-22-25-20(13-8-14-24-17-18-9-4-3-5-10-18)15-21(26-22)19-11-6-1-2-7-12-19;3-2(4,5)1(6)7/h15,18-19,24H,1-14,17H2;(H,6,7). The van der Waals surface area contributed by atoms with Crippen LogP contribution in [-0.2, 0) is 11.2 Å². The normalized spacial score (nSPS) is 18.0. The third-order valence-corrected chi connectivity index (χ3v) is 6.36. The number of halogens is 3. The van der Waals surface area contributed by atoms with Gasteiger partial charge in [-0.1, -0.05) is 44.9 Å². The van der Waals surface area contributed by atoms with E-state index in [1.54, 1.807) is 0 Å². The molecule has 9 heteroatoms. The summed E-state index contributed by atoms with van der Waals surface area (Å²) in [6.07, 6.45) is 11.7. The molecule has 1 aromatic rings. The van der Waals surface area contributed by atoms with E-state index in [1.165, 1.54) is 77.2 Å². The molecule has 0 radical (unpaired) electrons. The fourth-order valence-corrected chi connectivity index (χ4v) is 4.57. The Labute approximate surface area is 194 Å². The molecule has 3 rings (SSSR count). The van der Waals surface area contributed by atoms with E-state index in [-0.39, 0.29) is 0 Å². The van der Waals surface area contributed by atoms with Crippen LogP contribution in [0.2, 0.25) is 0 Å². The molecular formula is C24H35F3N4O2. The maximum absolute atomic E-state index is 10.6. The van der Waals surface area contributed by atoms with E-state index in [2.05, 4.69) is 27.4 Å². The van der Waals surface area contributed by atoms with Crippen molar-refractivity contribution in [3.63, 3.8) is 0 Å². The van der Waals surface area contributed by atoms with Crippen molar-refractivity contribution >= 4 is 5.97 Å². The Morgan fingerprint density at radius 3 is 2.21 bits per heavy atom. The van der Waals surface area contributed by atoms with Crippen LogP contribution in [0.25, 0.3) is 0 Å². The summed E-state index contributed by atoms with van der Waals surface area (Å²) in [5, 5.41) is 20.1. The molecule has 0 unspecified atom stereocenters. The van der Waals surface area contributed by atoms with Crippen molar-refractivity contribution in [2.45, 2.75) is 95.6 Å². The first-order valence-electron chi connectivity index (χ1n) is 12.1. The van der Waals surface area contributed by atoms with Crippen molar-refractivity contribution in [1.29, 1.82) is 5.26 Å². The van der Waals surface area contributed by atoms with Gasteiger partial charge in [0, 0.05) is 17.3 Å². The van der Waals surface area contributed by atoms with Gasteiger partial charge in [-0.25, -0.2) is 14.8 Å². The smallest absolute Gasteiger partial charge is 0.475 e. The molecule has 2 fully saturated rings. The molecule has 184 valence electrons. The third-order valence-electron chi connectivity index (χ3n) is 6.36. The maximum Gasteiger partial charge on any atom is 0.490 e. The highest BCUT2D eigenvalue weighted by atomic mass is 19.4. The number of aromatic nitrogens is 2. The quantitative estimate of drug-likeness (QED) is 0.404. The number of nitrogens with zero attached hydrogens (tertiary/aromatic N) is 3. The predicted molar refractivity (Wildman–Crippen MR) is 119 cm³/mol. The summed E-state index contributed by atoms with van der Waals surface area (Å²) >= 11 is 0. The second kappa shape index (κ2) is 14.1. The SMILES string of the molecule is N#Cc1nc(CCCNCC2CCCCC2)cc(C2CCCCCC2)n1.O=C(O)C(F)(F)F. The number of hydrogen-bond donors (Lipinski definition) is 2. The van der Waals surface area contributed by atoms with Crippen LogP contribution in [0.5, 0.6) is 0 Å². The monoisotopic (exact) mass is 468 g/mol. The van der Waals surface area contributed by atoms with Gasteiger partial charge in [0.1, 0.15) is 6.07 Å². The molecular weight excluding hydrogens is 433 g/mol. The molecule has 0 spiro atoms. The summed E-state index contributed by atoms with van der Waals surface area (Å²) in [4.78, 5) is 17.9. The zero-order chi connectivity index (χ0) is 24.1. The lowest BCUT2D eigenvalue weighted by atomic mass is 9.89. The number of carboxylic acid groups (broad SMARTS) is 1. The van der Waals surface area contributed by atoms with Crippen LogP contribution in [0.1, 0.15) is 100 Å². The average molecular weight is 469 g/mol.